The van der Waals surface area contributed by atoms with E-state index in [2.05, 4.69) is 10.3 Å². The lowest BCUT2D eigenvalue weighted by atomic mass is 10.3. The Bertz CT molecular complexity index is 531. The molecule has 0 bridgehead atoms. The molecule has 17 heavy (non-hydrogen) atoms. The van der Waals surface area contributed by atoms with Gasteiger partial charge in [-0.15, -0.1) is 0 Å². The lowest BCUT2D eigenvalue weighted by molar-refractivity contribution is 0.513. The molecule has 0 atom stereocenters. The van der Waals surface area contributed by atoms with Crippen LogP contribution in [0.15, 0.2) is 35.1 Å². The molecule has 0 saturated carbocycles. The third-order valence-corrected chi connectivity index (χ3v) is 2.64. The highest BCUT2D eigenvalue weighted by Crippen LogP contribution is 2.22. The Hall–Kier alpha value is -1.99. The molecule has 4 nitrogen and oxygen atoms in total. The molecule has 2 rings (SSSR count). The van der Waals surface area contributed by atoms with Crippen LogP contribution < -0.4 is 5.32 Å². The van der Waals surface area contributed by atoms with E-state index in [-0.39, 0.29) is 0 Å². The third-order valence-electron chi connectivity index (χ3n) is 2.25. The van der Waals surface area contributed by atoms with Crippen molar-refractivity contribution in [2.75, 3.05) is 11.9 Å². The molecule has 0 saturated heterocycles. The van der Waals surface area contributed by atoms with Crippen LogP contribution >= 0.6 is 11.6 Å². The summed E-state index contributed by atoms with van der Waals surface area (Å²) in [5.74, 6) is 1.42. The molecule has 0 aliphatic rings. The molecule has 0 amide bonds. The summed E-state index contributed by atoms with van der Waals surface area (Å²) in [7, 11) is 0. The summed E-state index contributed by atoms with van der Waals surface area (Å²) in [5, 5.41) is 12.2. The van der Waals surface area contributed by atoms with Gasteiger partial charge in [0.2, 0.25) is 0 Å². The van der Waals surface area contributed by atoms with E-state index in [4.69, 9.17) is 21.3 Å². The monoisotopic (exact) mass is 247 g/mol. The highest BCUT2D eigenvalue weighted by molar-refractivity contribution is 6.34. The lowest BCUT2D eigenvalue weighted by Crippen LogP contribution is -2.06. The number of rotatable bonds is 4. The Balaban J connectivity index is 1.98. The number of halogens is 1. The zero-order valence-electron chi connectivity index (χ0n) is 8.98. The second-order valence-corrected chi connectivity index (χ2v) is 3.77. The number of pyridine rings is 1. The molecule has 86 valence electrons. The Morgan fingerprint density at radius 1 is 1.47 bits per heavy atom. The van der Waals surface area contributed by atoms with Crippen LogP contribution in [0.1, 0.15) is 11.3 Å². The molecule has 0 unspecified atom stereocenters. The number of furan rings is 1. The van der Waals surface area contributed by atoms with Crippen LogP contribution in [-0.4, -0.2) is 11.5 Å². The summed E-state index contributed by atoms with van der Waals surface area (Å²) in [6.07, 6.45) is 3.93. The fourth-order valence-corrected chi connectivity index (χ4v) is 1.63. The number of nitriles is 1. The maximum absolute atomic E-state index is 8.81. The summed E-state index contributed by atoms with van der Waals surface area (Å²) in [6, 6.07) is 7.34. The highest BCUT2D eigenvalue weighted by atomic mass is 35.5. The molecular formula is C12H10ClN3O. The van der Waals surface area contributed by atoms with Crippen molar-refractivity contribution in [3.8, 4) is 6.07 Å². The van der Waals surface area contributed by atoms with Crippen molar-refractivity contribution in [1.29, 1.82) is 5.26 Å². The van der Waals surface area contributed by atoms with Crippen molar-refractivity contribution in [3.05, 3.63) is 47.0 Å². The van der Waals surface area contributed by atoms with Crippen LogP contribution in [0.5, 0.6) is 0 Å². The number of anilines is 1. The molecular weight excluding hydrogens is 238 g/mol. The maximum Gasteiger partial charge on any atom is 0.146 e. The SMILES string of the molecule is N#Cc1ccnc(NCCc2ccco2)c1Cl. The molecule has 0 radical (unpaired) electrons. The molecule has 1 N–H and O–H groups in total. The van der Waals surface area contributed by atoms with Crippen LogP contribution in [0, 0.1) is 11.3 Å². The Morgan fingerprint density at radius 3 is 3.06 bits per heavy atom. The first-order valence-electron chi connectivity index (χ1n) is 5.12. The Kier molecular flexibility index (Phi) is 3.63. The predicted octanol–water partition coefficient (Wildman–Crippen LogP) is 2.85. The second-order valence-electron chi connectivity index (χ2n) is 3.39. The van der Waals surface area contributed by atoms with Crippen molar-refractivity contribution in [1.82, 2.24) is 4.98 Å². The maximum atomic E-state index is 8.81. The van der Waals surface area contributed by atoms with Gasteiger partial charge in [0.1, 0.15) is 22.7 Å². The van der Waals surface area contributed by atoms with Gasteiger partial charge in [0.15, 0.2) is 0 Å². The van der Waals surface area contributed by atoms with Crippen molar-refractivity contribution in [2.24, 2.45) is 0 Å². The fourth-order valence-electron chi connectivity index (χ4n) is 1.41. The number of aromatic nitrogens is 1. The topological polar surface area (TPSA) is 61.9 Å². The van der Waals surface area contributed by atoms with Crippen LogP contribution in [0.2, 0.25) is 5.02 Å². The van der Waals surface area contributed by atoms with Gasteiger partial charge in [-0.05, 0) is 18.2 Å². The van der Waals surface area contributed by atoms with Crippen molar-refractivity contribution in [2.45, 2.75) is 6.42 Å². The van der Waals surface area contributed by atoms with Crippen molar-refractivity contribution >= 4 is 17.4 Å². The zero-order valence-corrected chi connectivity index (χ0v) is 9.74. The predicted molar refractivity (Wildman–Crippen MR) is 64.9 cm³/mol. The molecule has 0 aromatic carbocycles. The van der Waals surface area contributed by atoms with Gasteiger partial charge in [-0.1, -0.05) is 11.6 Å². The van der Waals surface area contributed by atoms with E-state index in [9.17, 15) is 0 Å². The first kappa shape index (κ1) is 11.5. The fraction of sp³-hybridized carbons (Fsp3) is 0.167. The molecule has 0 aliphatic heterocycles. The average molecular weight is 248 g/mol. The smallest absolute Gasteiger partial charge is 0.146 e. The third kappa shape index (κ3) is 2.77. The first-order valence-corrected chi connectivity index (χ1v) is 5.50. The summed E-state index contributed by atoms with van der Waals surface area (Å²) in [4.78, 5) is 4.08. The van der Waals surface area contributed by atoms with Gasteiger partial charge < -0.3 is 9.73 Å². The normalized spacial score (nSPS) is 9.88. The van der Waals surface area contributed by atoms with Gasteiger partial charge >= 0.3 is 0 Å². The minimum absolute atomic E-state index is 0.356. The van der Waals surface area contributed by atoms with Gasteiger partial charge in [0.25, 0.3) is 0 Å². The molecule has 2 aromatic heterocycles. The molecule has 0 aliphatic carbocycles. The number of hydrogen-bond acceptors (Lipinski definition) is 4. The van der Waals surface area contributed by atoms with Gasteiger partial charge in [-0.3, -0.25) is 0 Å². The van der Waals surface area contributed by atoms with Gasteiger partial charge in [-0.25, -0.2) is 4.98 Å². The van der Waals surface area contributed by atoms with Crippen LogP contribution in [0.25, 0.3) is 0 Å². The van der Waals surface area contributed by atoms with Crippen LogP contribution in [0.3, 0.4) is 0 Å². The molecule has 2 aromatic rings. The largest absolute Gasteiger partial charge is 0.469 e. The van der Waals surface area contributed by atoms with E-state index in [0.29, 0.717) is 22.9 Å². The summed E-state index contributed by atoms with van der Waals surface area (Å²) in [5.41, 5.74) is 0.419. The highest BCUT2D eigenvalue weighted by Gasteiger charge is 2.06. The summed E-state index contributed by atoms with van der Waals surface area (Å²) >= 11 is 6.00. The van der Waals surface area contributed by atoms with Gasteiger partial charge in [0, 0.05) is 19.2 Å². The number of nitrogens with one attached hydrogen (secondary N) is 1. The van der Waals surface area contributed by atoms with Crippen LogP contribution in [0.4, 0.5) is 5.82 Å². The first-order chi connectivity index (χ1) is 8.31. The summed E-state index contributed by atoms with van der Waals surface area (Å²) < 4.78 is 5.20. The van der Waals surface area contributed by atoms with Crippen LogP contribution in [-0.2, 0) is 6.42 Å². The molecule has 0 fully saturated rings. The van der Waals surface area contributed by atoms with Crippen molar-refractivity contribution < 1.29 is 4.42 Å². The minimum Gasteiger partial charge on any atom is -0.469 e. The zero-order chi connectivity index (χ0) is 12.1. The van der Waals surface area contributed by atoms with E-state index in [1.54, 1.807) is 18.5 Å². The van der Waals surface area contributed by atoms with E-state index in [0.717, 1.165) is 12.2 Å². The van der Waals surface area contributed by atoms with E-state index in [1.807, 2.05) is 18.2 Å². The minimum atomic E-state index is 0.356. The van der Waals surface area contributed by atoms with E-state index >= 15 is 0 Å². The van der Waals surface area contributed by atoms with E-state index in [1.165, 1.54) is 0 Å². The number of hydrogen-bond donors (Lipinski definition) is 1. The average Bonchev–Trinajstić information content (AvgIpc) is 2.84. The molecule has 0 spiro atoms. The van der Waals surface area contributed by atoms with E-state index < -0.39 is 0 Å². The Labute approximate surface area is 104 Å². The molecule has 5 heteroatoms. The lowest BCUT2D eigenvalue weighted by Gasteiger charge is -2.06. The Morgan fingerprint density at radius 2 is 2.35 bits per heavy atom. The van der Waals surface area contributed by atoms with Crippen molar-refractivity contribution in [3.63, 3.8) is 0 Å². The number of nitrogens with zero attached hydrogens (tertiary/aromatic N) is 2. The van der Waals surface area contributed by atoms with Gasteiger partial charge in [-0.2, -0.15) is 5.26 Å². The standard InChI is InChI=1S/C12H10ClN3O/c13-11-9(8-14)3-5-15-12(11)16-6-4-10-2-1-7-17-10/h1-3,5,7H,4,6H2,(H,15,16). The molecule has 2 heterocycles. The quantitative estimate of drug-likeness (QED) is 0.902. The summed E-state index contributed by atoms with van der Waals surface area (Å²) in [6.45, 7) is 0.648. The second kappa shape index (κ2) is 5.37. The van der Waals surface area contributed by atoms with Gasteiger partial charge in [0.05, 0.1) is 11.8 Å².